The van der Waals surface area contributed by atoms with Crippen molar-refractivity contribution < 1.29 is 4.79 Å². The molecule has 0 fully saturated rings. The van der Waals surface area contributed by atoms with Crippen LogP contribution >= 0.6 is 0 Å². The molecule has 0 aliphatic heterocycles. The van der Waals surface area contributed by atoms with E-state index in [1.807, 2.05) is 37.3 Å². The number of aldehydes is 1. The van der Waals surface area contributed by atoms with Crippen LogP contribution < -0.4 is 5.32 Å². The molecule has 0 heterocycles. The fourth-order valence-electron chi connectivity index (χ4n) is 1.04. The van der Waals surface area contributed by atoms with Gasteiger partial charge in [0.15, 0.2) is 0 Å². The molecule has 0 aliphatic rings. The molecule has 1 aromatic rings. The first-order valence-electron chi connectivity index (χ1n) is 4.33. The molecule has 1 aromatic carbocycles. The van der Waals surface area contributed by atoms with E-state index in [4.69, 9.17) is 0 Å². The van der Waals surface area contributed by atoms with Gasteiger partial charge in [-0.2, -0.15) is 0 Å². The summed E-state index contributed by atoms with van der Waals surface area (Å²) in [6, 6.07) is 9.80. The zero-order valence-corrected chi connectivity index (χ0v) is 7.66. The summed E-state index contributed by atoms with van der Waals surface area (Å²) < 4.78 is 0. The number of anilines is 1. The number of rotatable bonds is 4. The molecule has 0 spiro atoms. The maximum Gasteiger partial charge on any atom is 0.144 e. The zero-order chi connectivity index (χ0) is 9.52. The Hall–Kier alpha value is -1.57. The van der Waals surface area contributed by atoms with E-state index in [2.05, 4.69) is 5.32 Å². The van der Waals surface area contributed by atoms with Crippen molar-refractivity contribution in [2.45, 2.75) is 13.3 Å². The highest BCUT2D eigenvalue weighted by molar-refractivity contribution is 5.68. The molecule has 0 radical (unpaired) electrons. The van der Waals surface area contributed by atoms with Gasteiger partial charge in [0.1, 0.15) is 6.29 Å². The molecule has 0 saturated heterocycles. The molecule has 0 aliphatic carbocycles. The molecular formula is C11H13NO. The SMILES string of the molecule is CC/C(=C/C=O)Nc1ccccc1. The van der Waals surface area contributed by atoms with Gasteiger partial charge in [0.05, 0.1) is 0 Å². The van der Waals surface area contributed by atoms with Crippen LogP contribution in [0.25, 0.3) is 0 Å². The topological polar surface area (TPSA) is 29.1 Å². The van der Waals surface area contributed by atoms with E-state index in [0.717, 1.165) is 24.1 Å². The zero-order valence-electron chi connectivity index (χ0n) is 7.66. The maximum absolute atomic E-state index is 10.2. The number of nitrogens with one attached hydrogen (secondary N) is 1. The van der Waals surface area contributed by atoms with Crippen LogP contribution in [0.1, 0.15) is 13.3 Å². The second-order valence-electron chi connectivity index (χ2n) is 2.67. The number of carbonyl (C=O) groups is 1. The largest absolute Gasteiger partial charge is 0.359 e. The molecule has 1 N–H and O–H groups in total. The third kappa shape index (κ3) is 3.11. The van der Waals surface area contributed by atoms with Gasteiger partial charge in [-0.25, -0.2) is 0 Å². The van der Waals surface area contributed by atoms with Gasteiger partial charge < -0.3 is 5.32 Å². The van der Waals surface area contributed by atoms with Crippen LogP contribution in [0.2, 0.25) is 0 Å². The van der Waals surface area contributed by atoms with Gasteiger partial charge in [-0.1, -0.05) is 25.1 Å². The van der Waals surface area contributed by atoms with Crippen molar-refractivity contribution in [1.29, 1.82) is 0 Å². The molecular weight excluding hydrogens is 162 g/mol. The molecule has 0 saturated carbocycles. The Morgan fingerprint density at radius 3 is 2.62 bits per heavy atom. The predicted molar refractivity (Wildman–Crippen MR) is 54.5 cm³/mol. The first kappa shape index (κ1) is 9.52. The summed E-state index contributed by atoms with van der Waals surface area (Å²) in [7, 11) is 0. The highest BCUT2D eigenvalue weighted by Crippen LogP contribution is 2.10. The Balaban J connectivity index is 2.67. The molecule has 2 heteroatoms. The van der Waals surface area contributed by atoms with Crippen molar-refractivity contribution in [3.8, 4) is 0 Å². The third-order valence-corrected chi connectivity index (χ3v) is 1.73. The Labute approximate surface area is 78.3 Å². The number of para-hydroxylation sites is 1. The number of carbonyl (C=O) groups excluding carboxylic acids is 1. The Kier molecular flexibility index (Phi) is 3.76. The van der Waals surface area contributed by atoms with Gasteiger partial charge in [0.2, 0.25) is 0 Å². The maximum atomic E-state index is 10.2. The van der Waals surface area contributed by atoms with Gasteiger partial charge in [0, 0.05) is 11.4 Å². The summed E-state index contributed by atoms with van der Waals surface area (Å²) >= 11 is 0. The molecule has 0 unspecified atom stereocenters. The second-order valence-corrected chi connectivity index (χ2v) is 2.67. The number of hydrogen-bond donors (Lipinski definition) is 1. The van der Waals surface area contributed by atoms with Crippen LogP contribution in [0.4, 0.5) is 5.69 Å². The van der Waals surface area contributed by atoms with Gasteiger partial charge in [-0.05, 0) is 24.6 Å². The Bertz CT molecular complexity index is 290. The summed E-state index contributed by atoms with van der Waals surface area (Å²) in [5, 5.41) is 3.16. The molecule has 0 bridgehead atoms. The van der Waals surface area contributed by atoms with E-state index in [1.165, 1.54) is 0 Å². The van der Waals surface area contributed by atoms with Crippen molar-refractivity contribution in [3.63, 3.8) is 0 Å². The van der Waals surface area contributed by atoms with E-state index in [1.54, 1.807) is 6.08 Å². The Morgan fingerprint density at radius 1 is 1.38 bits per heavy atom. The molecule has 0 aromatic heterocycles. The molecule has 1 rings (SSSR count). The highest BCUT2D eigenvalue weighted by Gasteiger charge is 1.93. The summed E-state index contributed by atoms with van der Waals surface area (Å²) in [5.41, 5.74) is 1.94. The average molecular weight is 175 g/mol. The molecule has 13 heavy (non-hydrogen) atoms. The smallest absolute Gasteiger partial charge is 0.144 e. The van der Waals surface area contributed by atoms with Crippen LogP contribution in [0, 0.1) is 0 Å². The minimum Gasteiger partial charge on any atom is -0.359 e. The molecule has 2 nitrogen and oxygen atoms in total. The lowest BCUT2D eigenvalue weighted by Crippen LogP contribution is -1.97. The van der Waals surface area contributed by atoms with Gasteiger partial charge in [-0.3, -0.25) is 4.79 Å². The van der Waals surface area contributed by atoms with Crippen LogP contribution in [0.5, 0.6) is 0 Å². The third-order valence-electron chi connectivity index (χ3n) is 1.73. The standard InChI is InChI=1S/C11H13NO/c1-2-10(8-9-13)12-11-6-4-3-5-7-11/h3-9,12H,2H2,1H3/b10-8-. The van der Waals surface area contributed by atoms with Crippen LogP contribution in [0.3, 0.4) is 0 Å². The van der Waals surface area contributed by atoms with Crippen LogP contribution in [-0.2, 0) is 4.79 Å². The average Bonchev–Trinajstić information content (AvgIpc) is 2.19. The second kappa shape index (κ2) is 5.14. The number of benzene rings is 1. The lowest BCUT2D eigenvalue weighted by atomic mass is 10.2. The number of allylic oxidation sites excluding steroid dienone is 2. The van der Waals surface area contributed by atoms with Gasteiger partial charge in [0.25, 0.3) is 0 Å². The monoisotopic (exact) mass is 175 g/mol. The van der Waals surface area contributed by atoms with E-state index in [-0.39, 0.29) is 0 Å². The minimum absolute atomic E-state index is 0.800. The highest BCUT2D eigenvalue weighted by atomic mass is 16.1. The van der Waals surface area contributed by atoms with Crippen molar-refractivity contribution in [2.24, 2.45) is 0 Å². The predicted octanol–water partition coefficient (Wildman–Crippen LogP) is 2.59. The fraction of sp³-hybridized carbons (Fsp3) is 0.182. The minimum atomic E-state index is 0.800. The first-order valence-corrected chi connectivity index (χ1v) is 4.33. The van der Waals surface area contributed by atoms with E-state index in [0.29, 0.717) is 0 Å². The summed E-state index contributed by atoms with van der Waals surface area (Å²) in [6.45, 7) is 2.01. The van der Waals surface area contributed by atoms with Crippen molar-refractivity contribution in [3.05, 3.63) is 42.1 Å². The number of hydrogen-bond acceptors (Lipinski definition) is 2. The van der Waals surface area contributed by atoms with Gasteiger partial charge >= 0.3 is 0 Å². The van der Waals surface area contributed by atoms with Crippen molar-refractivity contribution in [2.75, 3.05) is 5.32 Å². The molecule has 0 amide bonds. The van der Waals surface area contributed by atoms with Crippen molar-refractivity contribution >= 4 is 12.0 Å². The first-order chi connectivity index (χ1) is 6.36. The lowest BCUT2D eigenvalue weighted by molar-refractivity contribution is -0.104. The lowest BCUT2D eigenvalue weighted by Gasteiger charge is -2.06. The van der Waals surface area contributed by atoms with Crippen LogP contribution in [-0.4, -0.2) is 6.29 Å². The quantitative estimate of drug-likeness (QED) is 0.563. The van der Waals surface area contributed by atoms with Crippen LogP contribution in [0.15, 0.2) is 42.1 Å². The normalized spacial score (nSPS) is 11.0. The summed E-state index contributed by atoms with van der Waals surface area (Å²) in [6.07, 6.45) is 3.18. The fourth-order valence-corrected chi connectivity index (χ4v) is 1.04. The van der Waals surface area contributed by atoms with E-state index in [9.17, 15) is 4.79 Å². The molecule has 68 valence electrons. The van der Waals surface area contributed by atoms with Crippen molar-refractivity contribution in [1.82, 2.24) is 0 Å². The van der Waals surface area contributed by atoms with E-state index < -0.39 is 0 Å². The van der Waals surface area contributed by atoms with E-state index >= 15 is 0 Å². The Morgan fingerprint density at radius 2 is 2.08 bits per heavy atom. The summed E-state index contributed by atoms with van der Waals surface area (Å²) in [5.74, 6) is 0. The summed E-state index contributed by atoms with van der Waals surface area (Å²) in [4.78, 5) is 10.2. The molecule has 0 atom stereocenters. The van der Waals surface area contributed by atoms with Gasteiger partial charge in [-0.15, -0.1) is 0 Å².